The van der Waals surface area contributed by atoms with Crippen LogP contribution < -0.4 is 0 Å². The molecule has 0 saturated carbocycles. The minimum absolute atomic E-state index is 0.0450. The lowest BCUT2D eigenvalue weighted by molar-refractivity contribution is 0.103. The molecule has 0 aliphatic carbocycles. The molecule has 0 saturated heterocycles. The number of hydrogen-bond donors (Lipinski definition) is 1. The summed E-state index contributed by atoms with van der Waals surface area (Å²) in [6.07, 6.45) is 0.626. The predicted molar refractivity (Wildman–Crippen MR) is 71.8 cm³/mol. The monoisotopic (exact) mass is 240 g/mol. The number of aliphatic hydroxyl groups excluding tert-OH is 1. The summed E-state index contributed by atoms with van der Waals surface area (Å²) in [7, 11) is 0. The standard InChI is InChI=1S/C16H16O2/c1-12-11-13(9-10-17)7-8-15(12)16(18)14-5-3-2-4-6-14/h2-8,11,17H,9-10H2,1H3. The van der Waals surface area contributed by atoms with E-state index in [1.807, 2.05) is 55.5 Å². The van der Waals surface area contributed by atoms with Crippen LogP contribution in [0.2, 0.25) is 0 Å². The number of carbonyl (C=O) groups excluding carboxylic acids is 1. The number of benzene rings is 2. The normalized spacial score (nSPS) is 10.3. The number of ketones is 1. The molecule has 0 radical (unpaired) electrons. The average molecular weight is 240 g/mol. The number of rotatable bonds is 4. The van der Waals surface area contributed by atoms with Crippen molar-refractivity contribution in [2.24, 2.45) is 0 Å². The van der Waals surface area contributed by atoms with Crippen LogP contribution in [-0.2, 0) is 6.42 Å². The minimum Gasteiger partial charge on any atom is -0.396 e. The zero-order chi connectivity index (χ0) is 13.0. The Labute approximate surface area is 107 Å². The van der Waals surface area contributed by atoms with E-state index in [2.05, 4.69) is 0 Å². The molecule has 0 heterocycles. The molecular weight excluding hydrogens is 224 g/mol. The highest BCUT2D eigenvalue weighted by atomic mass is 16.2. The first-order valence-electron chi connectivity index (χ1n) is 6.02. The Morgan fingerprint density at radius 2 is 1.83 bits per heavy atom. The van der Waals surface area contributed by atoms with Crippen molar-refractivity contribution >= 4 is 5.78 Å². The molecule has 2 aromatic carbocycles. The molecule has 2 rings (SSSR count). The van der Waals surface area contributed by atoms with E-state index in [0.29, 0.717) is 12.0 Å². The van der Waals surface area contributed by atoms with Crippen LogP contribution in [0.25, 0.3) is 0 Å². The van der Waals surface area contributed by atoms with Gasteiger partial charge >= 0.3 is 0 Å². The number of hydrogen-bond acceptors (Lipinski definition) is 2. The lowest BCUT2D eigenvalue weighted by atomic mass is 9.97. The molecule has 0 aromatic heterocycles. The molecule has 0 unspecified atom stereocenters. The van der Waals surface area contributed by atoms with Gasteiger partial charge in [0.1, 0.15) is 0 Å². The van der Waals surface area contributed by atoms with E-state index >= 15 is 0 Å². The Morgan fingerprint density at radius 1 is 1.11 bits per heavy atom. The summed E-state index contributed by atoms with van der Waals surface area (Å²) < 4.78 is 0. The van der Waals surface area contributed by atoms with Crippen molar-refractivity contribution < 1.29 is 9.90 Å². The molecule has 0 amide bonds. The van der Waals surface area contributed by atoms with Crippen LogP contribution in [0.5, 0.6) is 0 Å². The maximum absolute atomic E-state index is 12.3. The third kappa shape index (κ3) is 2.66. The van der Waals surface area contributed by atoms with E-state index in [0.717, 1.165) is 16.7 Å². The molecule has 2 aromatic rings. The third-order valence-corrected chi connectivity index (χ3v) is 2.97. The van der Waals surface area contributed by atoms with Gasteiger partial charge in [-0.2, -0.15) is 0 Å². The Hall–Kier alpha value is -1.93. The number of aliphatic hydroxyl groups is 1. The van der Waals surface area contributed by atoms with Gasteiger partial charge < -0.3 is 5.11 Å². The van der Waals surface area contributed by atoms with E-state index in [1.165, 1.54) is 0 Å². The summed E-state index contributed by atoms with van der Waals surface area (Å²) >= 11 is 0. The molecule has 0 atom stereocenters. The molecular formula is C16H16O2. The van der Waals surface area contributed by atoms with Crippen LogP contribution in [0, 0.1) is 6.92 Å². The predicted octanol–water partition coefficient (Wildman–Crippen LogP) is 2.76. The quantitative estimate of drug-likeness (QED) is 0.834. The Bertz CT molecular complexity index is 544. The lowest BCUT2D eigenvalue weighted by Crippen LogP contribution is -2.04. The summed E-state index contributed by atoms with van der Waals surface area (Å²) in [6, 6.07) is 15.0. The molecule has 1 N–H and O–H groups in total. The summed E-state index contributed by atoms with van der Waals surface area (Å²) in [4.78, 5) is 12.3. The maximum atomic E-state index is 12.3. The van der Waals surface area contributed by atoms with Gasteiger partial charge in [0.05, 0.1) is 0 Å². The zero-order valence-corrected chi connectivity index (χ0v) is 10.4. The second-order valence-corrected chi connectivity index (χ2v) is 4.32. The van der Waals surface area contributed by atoms with Gasteiger partial charge in [-0.25, -0.2) is 0 Å². The van der Waals surface area contributed by atoms with Crippen molar-refractivity contribution in [3.8, 4) is 0 Å². The van der Waals surface area contributed by atoms with Crippen molar-refractivity contribution in [1.82, 2.24) is 0 Å². The van der Waals surface area contributed by atoms with E-state index in [9.17, 15) is 4.79 Å². The fourth-order valence-electron chi connectivity index (χ4n) is 2.01. The molecule has 0 aliphatic rings. The lowest BCUT2D eigenvalue weighted by Gasteiger charge is -2.07. The van der Waals surface area contributed by atoms with Crippen molar-refractivity contribution in [2.75, 3.05) is 6.61 Å². The molecule has 92 valence electrons. The molecule has 0 fully saturated rings. The van der Waals surface area contributed by atoms with E-state index in [1.54, 1.807) is 0 Å². The molecule has 0 bridgehead atoms. The third-order valence-electron chi connectivity index (χ3n) is 2.97. The zero-order valence-electron chi connectivity index (χ0n) is 10.4. The second kappa shape index (κ2) is 5.61. The van der Waals surface area contributed by atoms with Crippen molar-refractivity contribution in [3.05, 3.63) is 70.8 Å². The largest absolute Gasteiger partial charge is 0.396 e. The summed E-state index contributed by atoms with van der Waals surface area (Å²) in [5.74, 6) is 0.0450. The topological polar surface area (TPSA) is 37.3 Å². The average Bonchev–Trinajstić information content (AvgIpc) is 2.40. The molecule has 0 spiro atoms. The number of carbonyl (C=O) groups is 1. The van der Waals surface area contributed by atoms with Gasteiger partial charge in [-0.15, -0.1) is 0 Å². The van der Waals surface area contributed by atoms with E-state index < -0.39 is 0 Å². The fourth-order valence-corrected chi connectivity index (χ4v) is 2.01. The first kappa shape index (κ1) is 12.5. The summed E-state index contributed by atoms with van der Waals surface area (Å²) in [5, 5.41) is 8.90. The molecule has 18 heavy (non-hydrogen) atoms. The van der Waals surface area contributed by atoms with Crippen LogP contribution in [0.1, 0.15) is 27.0 Å². The van der Waals surface area contributed by atoms with Gasteiger partial charge in [0.2, 0.25) is 0 Å². The van der Waals surface area contributed by atoms with Crippen molar-refractivity contribution in [2.45, 2.75) is 13.3 Å². The second-order valence-electron chi connectivity index (χ2n) is 4.32. The highest BCUT2D eigenvalue weighted by molar-refractivity contribution is 6.09. The van der Waals surface area contributed by atoms with Gasteiger partial charge in [-0.05, 0) is 24.5 Å². The van der Waals surface area contributed by atoms with Crippen molar-refractivity contribution in [3.63, 3.8) is 0 Å². The Morgan fingerprint density at radius 3 is 2.44 bits per heavy atom. The minimum atomic E-state index is 0.0450. The van der Waals surface area contributed by atoms with Gasteiger partial charge in [0.25, 0.3) is 0 Å². The van der Waals surface area contributed by atoms with Crippen LogP contribution >= 0.6 is 0 Å². The van der Waals surface area contributed by atoms with Gasteiger partial charge in [-0.3, -0.25) is 4.79 Å². The highest BCUT2D eigenvalue weighted by Gasteiger charge is 2.11. The smallest absolute Gasteiger partial charge is 0.193 e. The molecule has 0 aliphatic heterocycles. The van der Waals surface area contributed by atoms with Crippen LogP contribution in [0.3, 0.4) is 0 Å². The van der Waals surface area contributed by atoms with E-state index in [4.69, 9.17) is 5.11 Å². The van der Waals surface area contributed by atoms with E-state index in [-0.39, 0.29) is 12.4 Å². The van der Waals surface area contributed by atoms with Crippen LogP contribution in [0.15, 0.2) is 48.5 Å². The van der Waals surface area contributed by atoms with Gasteiger partial charge in [0.15, 0.2) is 5.78 Å². The SMILES string of the molecule is Cc1cc(CCO)ccc1C(=O)c1ccccc1. The number of aryl methyl sites for hydroxylation is 1. The highest BCUT2D eigenvalue weighted by Crippen LogP contribution is 2.16. The summed E-state index contributed by atoms with van der Waals surface area (Å²) in [5.41, 5.74) is 3.44. The molecule has 2 nitrogen and oxygen atoms in total. The maximum Gasteiger partial charge on any atom is 0.193 e. The van der Waals surface area contributed by atoms with Gasteiger partial charge in [0, 0.05) is 17.7 Å². The Kier molecular flexibility index (Phi) is 3.90. The van der Waals surface area contributed by atoms with Crippen LogP contribution in [-0.4, -0.2) is 17.5 Å². The van der Waals surface area contributed by atoms with Crippen LogP contribution in [0.4, 0.5) is 0 Å². The summed E-state index contributed by atoms with van der Waals surface area (Å²) in [6.45, 7) is 2.06. The fraction of sp³-hybridized carbons (Fsp3) is 0.188. The van der Waals surface area contributed by atoms with Gasteiger partial charge in [-0.1, -0.05) is 48.5 Å². The van der Waals surface area contributed by atoms with Crippen molar-refractivity contribution in [1.29, 1.82) is 0 Å². The first-order chi connectivity index (χ1) is 8.72. The Balaban J connectivity index is 2.32. The molecule has 2 heteroatoms. The first-order valence-corrected chi connectivity index (χ1v) is 6.02.